The van der Waals surface area contributed by atoms with Crippen LogP contribution in [0.2, 0.25) is 0 Å². The number of carboxylic acids is 2. The van der Waals surface area contributed by atoms with Gasteiger partial charge in [0.2, 0.25) is 27.7 Å². The number of anilines is 3. The van der Waals surface area contributed by atoms with Gasteiger partial charge in [-0.3, -0.25) is 24.6 Å². The maximum Gasteiger partial charge on any atom is 0.351 e. The van der Waals surface area contributed by atoms with E-state index < -0.39 is 46.1 Å². The van der Waals surface area contributed by atoms with Gasteiger partial charge in [-0.15, -0.1) is 11.3 Å². The van der Waals surface area contributed by atoms with Crippen molar-refractivity contribution in [2.45, 2.75) is 81.7 Å². The first-order valence-electron chi connectivity index (χ1n) is 22.3. The van der Waals surface area contributed by atoms with Gasteiger partial charge in [0.1, 0.15) is 11.0 Å². The number of urea groups is 1. The number of thiazole rings is 1. The molecule has 4 aliphatic rings. The van der Waals surface area contributed by atoms with E-state index in [2.05, 4.69) is 20.9 Å². The molecule has 1 aromatic heterocycles. The molecule has 0 bridgehead atoms. The summed E-state index contributed by atoms with van der Waals surface area (Å²) in [6, 6.07) is 22.4. The van der Waals surface area contributed by atoms with Gasteiger partial charge >= 0.3 is 18.0 Å². The van der Waals surface area contributed by atoms with Gasteiger partial charge in [0, 0.05) is 65.5 Å². The molecule has 0 aliphatic carbocycles. The topological polar surface area (TPSA) is 245 Å². The molecule has 5 amide bonds. The van der Waals surface area contributed by atoms with Crippen LogP contribution in [0.25, 0.3) is 21.3 Å². The number of ether oxygens (including phenoxy) is 1. The number of likely N-dealkylation sites (tertiary alicyclic amines) is 1. The van der Waals surface area contributed by atoms with Gasteiger partial charge < -0.3 is 30.5 Å². The summed E-state index contributed by atoms with van der Waals surface area (Å²) in [7, 11) is -3.81. The minimum atomic E-state index is -3.81. The lowest BCUT2D eigenvalue weighted by Gasteiger charge is -2.45. The second kappa shape index (κ2) is 18.3. The molecule has 18 nitrogen and oxygen atoms in total. The zero-order valence-electron chi connectivity index (χ0n) is 37.2. The van der Waals surface area contributed by atoms with E-state index in [0.717, 1.165) is 33.4 Å². The average molecular weight is 964 g/mol. The molecule has 0 spiro atoms. The average Bonchev–Trinajstić information content (AvgIpc) is 3.85. The third kappa shape index (κ3) is 9.22. The fraction of sp³-hybridized carbons (Fsp3) is 0.354. The number of benzene rings is 4. The first kappa shape index (κ1) is 46.2. The summed E-state index contributed by atoms with van der Waals surface area (Å²) in [6.45, 7) is 4.26. The predicted octanol–water partition coefficient (Wildman–Crippen LogP) is 6.49. The quantitative estimate of drug-likeness (QED) is 0.0794. The van der Waals surface area contributed by atoms with E-state index >= 15 is 0 Å². The second-order valence-corrected chi connectivity index (χ2v) is 21.0. The molecule has 9 rings (SSSR count). The van der Waals surface area contributed by atoms with Crippen LogP contribution in [-0.2, 0) is 30.2 Å². The van der Waals surface area contributed by atoms with Crippen molar-refractivity contribution < 1.29 is 52.1 Å². The Bertz CT molecular complexity index is 3000. The Kier molecular flexibility index (Phi) is 12.4. The van der Waals surface area contributed by atoms with Crippen LogP contribution in [0.1, 0.15) is 89.4 Å². The molecule has 5 aromatic rings. The molecule has 4 aliphatic heterocycles. The standard InChI is InChI=1S/C48H49N7O11S2/c1-48(2)24-32(49-31-9-4-7-29(23-31)44-52-43(66-25-39(57)58)41(67-44)46(61)62)18-21-54(48)68(64,65)26-27-6-3-8-30(22-27)50-47(63)53-19-16-28(17-20-53)33-12-13-36-40-34(33)10-5-11-35(40)45(60)55(36)37-14-15-38(56)51-42(37)59/h3-13,22-23,28,32,37,49H,14-21,24-26H2,1-2H3,(H,50,63)(H,57,58)(H,61,62)(H,51,56,59). The van der Waals surface area contributed by atoms with Crippen LogP contribution < -0.4 is 25.6 Å². The van der Waals surface area contributed by atoms with E-state index in [-0.39, 0.29) is 65.7 Å². The van der Waals surface area contributed by atoms with E-state index in [1.165, 1.54) is 4.90 Å². The van der Waals surface area contributed by atoms with Crippen molar-refractivity contribution in [1.29, 1.82) is 0 Å². The van der Waals surface area contributed by atoms with Crippen molar-refractivity contribution >= 4 is 84.9 Å². The number of nitrogens with one attached hydrogen (secondary N) is 3. The molecule has 2 unspecified atom stereocenters. The Balaban J connectivity index is 0.798. The Morgan fingerprint density at radius 2 is 1.66 bits per heavy atom. The number of amides is 5. The number of carbonyl (C=O) groups excluding carboxylic acids is 4. The third-order valence-corrected chi connectivity index (χ3v) is 16.2. The molecular weight excluding hydrogens is 915 g/mol. The molecule has 3 fully saturated rings. The first-order valence-corrected chi connectivity index (χ1v) is 24.7. The van der Waals surface area contributed by atoms with Gasteiger partial charge in [0.05, 0.1) is 11.4 Å². The number of imide groups is 1. The Morgan fingerprint density at radius 1 is 0.912 bits per heavy atom. The fourth-order valence-electron chi connectivity index (χ4n) is 10.0. The number of carbonyl (C=O) groups is 6. The summed E-state index contributed by atoms with van der Waals surface area (Å²) in [5.74, 6) is -4.04. The molecule has 0 saturated carbocycles. The number of piperidine rings is 3. The summed E-state index contributed by atoms with van der Waals surface area (Å²) < 4.78 is 34.8. The minimum absolute atomic E-state index is 0.0951. The highest BCUT2D eigenvalue weighted by Crippen LogP contribution is 2.44. The summed E-state index contributed by atoms with van der Waals surface area (Å²) in [6.07, 6.45) is 2.78. The highest BCUT2D eigenvalue weighted by Gasteiger charge is 2.43. The zero-order valence-corrected chi connectivity index (χ0v) is 38.8. The van der Waals surface area contributed by atoms with Gasteiger partial charge in [-0.2, -0.15) is 4.31 Å². The van der Waals surface area contributed by atoms with Gasteiger partial charge in [-0.1, -0.05) is 42.5 Å². The highest BCUT2D eigenvalue weighted by molar-refractivity contribution is 7.88. The number of aromatic nitrogens is 1. The summed E-state index contributed by atoms with van der Waals surface area (Å²) in [5.41, 5.74) is 3.83. The van der Waals surface area contributed by atoms with E-state index in [0.29, 0.717) is 71.8 Å². The van der Waals surface area contributed by atoms with Crippen molar-refractivity contribution in [3.63, 3.8) is 0 Å². The number of hydrogen-bond donors (Lipinski definition) is 5. The van der Waals surface area contributed by atoms with Gasteiger partial charge in [0.15, 0.2) is 11.5 Å². The number of hydrogen-bond acceptors (Lipinski definition) is 12. The maximum atomic E-state index is 14.1. The number of sulfonamides is 1. The first-order chi connectivity index (χ1) is 32.5. The van der Waals surface area contributed by atoms with E-state index in [1.807, 2.05) is 44.2 Å². The van der Waals surface area contributed by atoms with Crippen LogP contribution >= 0.6 is 11.3 Å². The monoisotopic (exact) mass is 963 g/mol. The van der Waals surface area contributed by atoms with Crippen LogP contribution in [-0.4, -0.2) is 112 Å². The molecule has 5 heterocycles. The molecule has 4 aromatic carbocycles. The summed E-state index contributed by atoms with van der Waals surface area (Å²) in [4.78, 5) is 81.9. The molecule has 20 heteroatoms. The lowest BCUT2D eigenvalue weighted by molar-refractivity contribution is -0.139. The zero-order chi connectivity index (χ0) is 48.1. The number of nitrogens with zero attached hydrogens (tertiary/aromatic N) is 4. The Morgan fingerprint density at radius 3 is 2.40 bits per heavy atom. The number of aromatic carboxylic acids is 1. The molecule has 354 valence electrons. The van der Waals surface area contributed by atoms with Crippen molar-refractivity contribution in [2.24, 2.45) is 0 Å². The normalized spacial score (nSPS) is 19.8. The predicted molar refractivity (Wildman–Crippen MR) is 254 cm³/mol. The van der Waals surface area contributed by atoms with Crippen LogP contribution in [0.3, 0.4) is 0 Å². The van der Waals surface area contributed by atoms with Gasteiger partial charge in [0.25, 0.3) is 5.91 Å². The third-order valence-electron chi connectivity index (χ3n) is 13.1. The minimum Gasteiger partial charge on any atom is -0.479 e. The molecule has 3 saturated heterocycles. The van der Waals surface area contributed by atoms with Crippen molar-refractivity contribution in [1.82, 2.24) is 19.5 Å². The maximum absolute atomic E-state index is 14.1. The van der Waals surface area contributed by atoms with Crippen molar-refractivity contribution in [3.05, 3.63) is 100 Å². The number of carboxylic acid groups (broad SMARTS) is 2. The number of aliphatic carboxylic acids is 1. The molecule has 68 heavy (non-hydrogen) atoms. The van der Waals surface area contributed by atoms with E-state index in [4.69, 9.17) is 9.84 Å². The van der Waals surface area contributed by atoms with Gasteiger partial charge in [-0.05, 0) is 105 Å². The lowest BCUT2D eigenvalue weighted by Crippen LogP contribution is -2.55. The van der Waals surface area contributed by atoms with Crippen molar-refractivity contribution in [3.8, 4) is 16.5 Å². The van der Waals surface area contributed by atoms with Crippen LogP contribution in [0.15, 0.2) is 78.9 Å². The Hall–Kier alpha value is -6.90. The second-order valence-electron chi connectivity index (χ2n) is 18.1. The molecule has 5 N–H and O–H groups in total. The van der Waals surface area contributed by atoms with Crippen LogP contribution in [0.4, 0.5) is 21.9 Å². The highest BCUT2D eigenvalue weighted by atomic mass is 32.2. The van der Waals surface area contributed by atoms with Crippen molar-refractivity contribution in [2.75, 3.05) is 41.8 Å². The SMILES string of the molecule is CC1(C)CC(Nc2cccc(-c3nc(OCC(=O)O)c(C(=O)O)s3)c2)CCN1S(=O)(=O)Cc1cccc(NC(=O)N2CCC(c3ccc4c5c(cccc35)C(=O)N4C3CCC(=O)NC3=O)CC2)c1. The largest absolute Gasteiger partial charge is 0.479 e. The lowest BCUT2D eigenvalue weighted by atomic mass is 9.85. The van der Waals surface area contributed by atoms with E-state index in [9.17, 15) is 42.3 Å². The van der Waals surface area contributed by atoms with Crippen LogP contribution in [0, 0.1) is 0 Å². The van der Waals surface area contributed by atoms with E-state index in [1.54, 1.807) is 57.7 Å². The smallest absolute Gasteiger partial charge is 0.351 e. The number of rotatable bonds is 13. The summed E-state index contributed by atoms with van der Waals surface area (Å²) >= 11 is 0.871. The molecule has 0 radical (unpaired) electrons. The summed E-state index contributed by atoms with van der Waals surface area (Å²) in [5, 5.41) is 29.5. The fourth-order valence-corrected chi connectivity index (χ4v) is 12.9. The van der Waals surface area contributed by atoms with Crippen LogP contribution in [0.5, 0.6) is 5.88 Å². The molecule has 2 atom stereocenters. The molecular formula is C48H49N7O11S2. The Labute approximate surface area is 395 Å². The van der Waals surface area contributed by atoms with Gasteiger partial charge in [-0.25, -0.2) is 27.8 Å².